The first kappa shape index (κ1) is 32.0. The van der Waals surface area contributed by atoms with Gasteiger partial charge in [0.05, 0.1) is 25.0 Å². The molecule has 2 aliphatic heterocycles. The molecule has 0 bridgehead atoms. The molecule has 2 fully saturated rings. The van der Waals surface area contributed by atoms with E-state index in [2.05, 4.69) is 16.8 Å². The minimum Gasteiger partial charge on any atom is -0.475 e. The first-order chi connectivity index (χ1) is 18.1. The molecule has 1 aromatic heterocycles. The fourth-order valence-corrected chi connectivity index (χ4v) is 4.19. The van der Waals surface area contributed by atoms with Crippen molar-refractivity contribution in [3.8, 4) is 0 Å². The lowest BCUT2D eigenvalue weighted by atomic mass is 10.00. The highest BCUT2D eigenvalue weighted by Gasteiger charge is 2.45. The summed E-state index contributed by atoms with van der Waals surface area (Å²) in [5.41, 5.74) is 1.15. The first-order valence-electron chi connectivity index (χ1n) is 11.5. The predicted octanol–water partition coefficient (Wildman–Crippen LogP) is 4.55. The number of carboxylic acids is 2. The molecule has 2 N–H and O–H groups in total. The van der Waals surface area contributed by atoms with Crippen LogP contribution in [0.3, 0.4) is 0 Å². The van der Waals surface area contributed by atoms with Gasteiger partial charge in [-0.3, -0.25) is 9.80 Å². The second kappa shape index (κ2) is 13.8. The van der Waals surface area contributed by atoms with Crippen molar-refractivity contribution in [2.75, 3.05) is 20.2 Å². The lowest BCUT2D eigenvalue weighted by Gasteiger charge is -2.34. The minimum absolute atomic E-state index is 0.180. The number of nitrogens with zero attached hydrogens (tertiary/aromatic N) is 2. The van der Waals surface area contributed by atoms with E-state index in [1.807, 2.05) is 24.3 Å². The van der Waals surface area contributed by atoms with Gasteiger partial charge >= 0.3 is 24.3 Å². The van der Waals surface area contributed by atoms with E-state index in [0.717, 1.165) is 50.4 Å². The molecule has 0 saturated carbocycles. The van der Waals surface area contributed by atoms with Crippen molar-refractivity contribution >= 4 is 11.9 Å². The molecule has 8 nitrogen and oxygen atoms in total. The minimum atomic E-state index is -5.08. The Hall–Kier alpha value is -3.17. The van der Waals surface area contributed by atoms with Crippen LogP contribution in [-0.2, 0) is 27.4 Å². The highest BCUT2D eigenvalue weighted by molar-refractivity contribution is 5.73. The summed E-state index contributed by atoms with van der Waals surface area (Å²) in [5.74, 6) is -4.72. The number of halogens is 7. The molecule has 2 aromatic rings. The molecule has 2 saturated heterocycles. The van der Waals surface area contributed by atoms with Crippen molar-refractivity contribution in [2.45, 2.75) is 56.5 Å². The third-order valence-corrected chi connectivity index (χ3v) is 5.94. The van der Waals surface area contributed by atoms with E-state index < -0.39 is 24.3 Å². The van der Waals surface area contributed by atoms with Crippen LogP contribution in [0, 0.1) is 5.82 Å². The van der Waals surface area contributed by atoms with E-state index >= 15 is 0 Å². The maximum absolute atomic E-state index is 13.2. The van der Waals surface area contributed by atoms with Crippen LogP contribution in [0.1, 0.15) is 24.2 Å². The van der Waals surface area contributed by atoms with Crippen LogP contribution in [-0.4, -0.2) is 82.7 Å². The topological polar surface area (TPSA) is 103 Å². The normalized spacial score (nSPS) is 21.3. The van der Waals surface area contributed by atoms with Crippen molar-refractivity contribution in [2.24, 2.45) is 0 Å². The van der Waals surface area contributed by atoms with Crippen molar-refractivity contribution in [3.05, 3.63) is 59.8 Å². The molecule has 39 heavy (non-hydrogen) atoms. The number of hydrogen-bond donors (Lipinski definition) is 2. The third-order valence-electron chi connectivity index (χ3n) is 5.94. The van der Waals surface area contributed by atoms with Gasteiger partial charge in [-0.15, -0.1) is 0 Å². The summed E-state index contributed by atoms with van der Waals surface area (Å²) in [7, 11) is 2.14. The monoisotopic (exact) mass is 572 g/mol. The molecule has 1 aromatic carbocycles. The Morgan fingerprint density at radius 2 is 1.59 bits per heavy atom. The van der Waals surface area contributed by atoms with Crippen LogP contribution >= 0.6 is 0 Å². The number of furan rings is 1. The third kappa shape index (κ3) is 10.1. The van der Waals surface area contributed by atoms with Crippen LogP contribution in [0.5, 0.6) is 0 Å². The maximum Gasteiger partial charge on any atom is 0.490 e. The molecule has 0 spiro atoms. The number of likely N-dealkylation sites (tertiary alicyclic amines) is 1. The summed E-state index contributed by atoms with van der Waals surface area (Å²) in [4.78, 5) is 22.6. The highest BCUT2D eigenvalue weighted by Crippen LogP contribution is 2.33. The molecule has 0 radical (unpaired) electrons. The Labute approximate surface area is 218 Å². The van der Waals surface area contributed by atoms with Crippen LogP contribution in [0.25, 0.3) is 0 Å². The number of benzene rings is 1. The number of carbonyl (C=O) groups is 2. The molecule has 0 amide bonds. The van der Waals surface area contributed by atoms with Crippen molar-refractivity contribution in [3.63, 3.8) is 0 Å². The number of fused-ring (bicyclic) bond motifs is 1. The molecule has 4 rings (SSSR count). The van der Waals surface area contributed by atoms with Gasteiger partial charge in [-0.05, 0) is 49.7 Å². The number of hydrogen-bond acceptors (Lipinski definition) is 6. The predicted molar refractivity (Wildman–Crippen MR) is 121 cm³/mol. The molecular formula is C24H27F7N2O6. The zero-order valence-corrected chi connectivity index (χ0v) is 20.6. The molecule has 2 aliphatic rings. The Balaban J connectivity index is 0.000000317. The summed E-state index contributed by atoms with van der Waals surface area (Å²) in [6, 6.07) is 11.6. The number of rotatable bonds is 5. The van der Waals surface area contributed by atoms with Crippen molar-refractivity contribution < 1.29 is 59.7 Å². The van der Waals surface area contributed by atoms with Crippen molar-refractivity contribution in [1.82, 2.24) is 9.80 Å². The number of alkyl halides is 6. The standard InChI is InChI=1S/C20H25FN2O2.2C2HF3O2/c1-22(13-17-4-2-10-24-17)19-14-23(18-5-3-11-25-20(18)19)12-15-6-8-16(21)9-7-15;2*3-2(4,5)1(6)7/h2,4,6-10,18-20H,3,5,11-14H2,1H3;2*(H,6,7)/t18-,19-,20+;;/m1../s1. The van der Waals surface area contributed by atoms with Crippen LogP contribution in [0.2, 0.25) is 0 Å². The first-order valence-corrected chi connectivity index (χ1v) is 11.5. The van der Waals surface area contributed by atoms with Gasteiger partial charge in [-0.1, -0.05) is 12.1 Å². The van der Waals surface area contributed by atoms with Gasteiger partial charge in [-0.2, -0.15) is 26.3 Å². The molecular weight excluding hydrogens is 545 g/mol. The van der Waals surface area contributed by atoms with Gasteiger partial charge in [0, 0.05) is 25.7 Å². The summed E-state index contributed by atoms with van der Waals surface area (Å²) in [5, 5.41) is 14.2. The lowest BCUT2D eigenvalue weighted by molar-refractivity contribution is -0.193. The van der Waals surface area contributed by atoms with Crippen LogP contribution < -0.4 is 0 Å². The van der Waals surface area contributed by atoms with Gasteiger partial charge < -0.3 is 19.4 Å². The van der Waals surface area contributed by atoms with Crippen LogP contribution in [0.15, 0.2) is 47.1 Å². The Bertz CT molecular complexity index is 1020. The van der Waals surface area contributed by atoms with Gasteiger partial charge in [0.25, 0.3) is 0 Å². The Kier molecular flexibility index (Phi) is 11.3. The van der Waals surface area contributed by atoms with Gasteiger partial charge in [0.2, 0.25) is 0 Å². The summed E-state index contributed by atoms with van der Waals surface area (Å²) < 4.78 is 88.3. The average molecular weight is 572 g/mol. The van der Waals surface area contributed by atoms with E-state index in [9.17, 15) is 30.7 Å². The fraction of sp³-hybridized carbons (Fsp3) is 0.500. The number of carboxylic acid groups (broad SMARTS) is 2. The lowest BCUT2D eigenvalue weighted by Crippen LogP contribution is -2.46. The second-order valence-corrected chi connectivity index (χ2v) is 8.77. The molecule has 3 atom stereocenters. The van der Waals surface area contributed by atoms with Crippen molar-refractivity contribution in [1.29, 1.82) is 0 Å². The van der Waals surface area contributed by atoms with E-state index in [0.29, 0.717) is 12.1 Å². The Morgan fingerprint density at radius 1 is 1.03 bits per heavy atom. The van der Waals surface area contributed by atoms with Gasteiger partial charge in [0.15, 0.2) is 0 Å². The molecule has 0 aliphatic carbocycles. The molecule has 15 heteroatoms. The smallest absolute Gasteiger partial charge is 0.475 e. The van der Waals surface area contributed by atoms with E-state index in [1.165, 1.54) is 0 Å². The number of likely N-dealkylation sites (N-methyl/N-ethyl adjacent to an activating group) is 1. The second-order valence-electron chi connectivity index (χ2n) is 8.77. The van der Waals surface area contributed by atoms with Gasteiger partial charge in [-0.25, -0.2) is 14.0 Å². The molecule has 218 valence electrons. The summed E-state index contributed by atoms with van der Waals surface area (Å²) in [6.07, 6.45) is -5.94. The van der Waals surface area contributed by atoms with Crippen LogP contribution in [0.4, 0.5) is 30.7 Å². The van der Waals surface area contributed by atoms with E-state index in [-0.39, 0.29) is 11.9 Å². The molecule has 0 unspecified atom stereocenters. The quantitative estimate of drug-likeness (QED) is 0.504. The number of ether oxygens (including phenoxy) is 1. The summed E-state index contributed by atoms with van der Waals surface area (Å²) >= 11 is 0. The van der Waals surface area contributed by atoms with Gasteiger partial charge in [0.1, 0.15) is 11.6 Å². The SMILES string of the molecule is CN(Cc1ccco1)[C@@H]1CN(Cc2ccc(F)cc2)[C@@H]2CCCO[C@H]12.O=C(O)C(F)(F)F.O=C(O)C(F)(F)F. The Morgan fingerprint density at radius 3 is 2.08 bits per heavy atom. The van der Waals surface area contributed by atoms with E-state index in [4.69, 9.17) is 29.0 Å². The van der Waals surface area contributed by atoms with E-state index in [1.54, 1.807) is 18.4 Å². The average Bonchev–Trinajstić information content (AvgIpc) is 3.48. The fourth-order valence-electron chi connectivity index (χ4n) is 4.19. The summed E-state index contributed by atoms with van der Waals surface area (Å²) in [6.45, 7) is 3.44. The zero-order chi connectivity index (χ0) is 29.4. The largest absolute Gasteiger partial charge is 0.490 e. The maximum atomic E-state index is 13.2. The zero-order valence-electron chi connectivity index (χ0n) is 20.6. The highest BCUT2D eigenvalue weighted by atomic mass is 19.4. The number of aliphatic carboxylic acids is 2. The molecule has 3 heterocycles.